The van der Waals surface area contributed by atoms with E-state index in [-0.39, 0.29) is 17.3 Å². The van der Waals surface area contributed by atoms with Crippen LogP contribution < -0.4 is 10.5 Å². The topological polar surface area (TPSA) is 61.0 Å². The minimum atomic E-state index is -0.318. The lowest BCUT2D eigenvalue weighted by atomic mass is 9.93. The lowest BCUT2D eigenvalue weighted by Gasteiger charge is -2.23. The molecule has 27 heavy (non-hydrogen) atoms. The molecule has 0 amide bonds. The van der Waals surface area contributed by atoms with Gasteiger partial charge in [-0.15, -0.1) is 0 Å². The van der Waals surface area contributed by atoms with Crippen molar-refractivity contribution in [2.24, 2.45) is 11.7 Å². The van der Waals surface area contributed by atoms with E-state index in [1.54, 1.807) is 24.5 Å². The van der Waals surface area contributed by atoms with E-state index in [2.05, 4.69) is 16.9 Å². The van der Waals surface area contributed by atoms with Gasteiger partial charge in [0.2, 0.25) is 5.88 Å². The van der Waals surface area contributed by atoms with Crippen molar-refractivity contribution in [3.63, 3.8) is 0 Å². The van der Waals surface area contributed by atoms with Crippen LogP contribution in [-0.2, 0) is 0 Å². The number of hydrogen-bond acceptors (Lipinski definition) is 4. The van der Waals surface area contributed by atoms with E-state index in [1.165, 1.54) is 12.1 Å². The maximum Gasteiger partial charge on any atom is 0.232 e. The Morgan fingerprint density at radius 1 is 1.22 bits per heavy atom. The van der Waals surface area contributed by atoms with Crippen LogP contribution in [0.3, 0.4) is 0 Å². The molecular weight excluding hydrogens is 365 g/mol. The van der Waals surface area contributed by atoms with Gasteiger partial charge in [-0.3, -0.25) is 4.98 Å². The normalized spacial score (nSPS) is 13.0. The molecule has 0 spiro atoms. The lowest BCUT2D eigenvalue weighted by Crippen LogP contribution is -2.35. The number of fused-ring (bicyclic) bond motifs is 1. The van der Waals surface area contributed by atoms with Gasteiger partial charge in [0.25, 0.3) is 0 Å². The van der Waals surface area contributed by atoms with Crippen molar-refractivity contribution < 1.29 is 9.13 Å². The maximum absolute atomic E-state index is 13.4. The van der Waals surface area contributed by atoms with E-state index < -0.39 is 0 Å². The average molecular weight is 388 g/mol. The van der Waals surface area contributed by atoms with E-state index in [9.17, 15) is 4.39 Å². The van der Waals surface area contributed by atoms with Crippen LogP contribution in [0.15, 0.2) is 42.7 Å². The van der Waals surface area contributed by atoms with Gasteiger partial charge in [0, 0.05) is 34.9 Å². The second-order valence-corrected chi connectivity index (χ2v) is 8.05. The first kappa shape index (κ1) is 19.5. The highest BCUT2D eigenvalue weighted by Gasteiger charge is 2.17. The fourth-order valence-corrected chi connectivity index (χ4v) is 3.45. The van der Waals surface area contributed by atoms with Crippen LogP contribution in [0.25, 0.3) is 22.0 Å². The van der Waals surface area contributed by atoms with Gasteiger partial charge in [0.05, 0.1) is 12.1 Å². The zero-order valence-corrected chi connectivity index (χ0v) is 16.4. The van der Waals surface area contributed by atoms with E-state index >= 15 is 0 Å². The fraction of sp³-hybridized carbons (Fsp3) is 0.333. The van der Waals surface area contributed by atoms with Gasteiger partial charge in [0.1, 0.15) is 10.8 Å². The quantitative estimate of drug-likeness (QED) is 0.629. The Morgan fingerprint density at radius 3 is 2.70 bits per heavy atom. The first-order chi connectivity index (χ1) is 12.7. The number of hydrogen-bond donors (Lipinski definition) is 1. The number of rotatable bonds is 6. The molecule has 3 rings (SSSR count). The molecule has 0 fully saturated rings. The molecule has 0 bridgehead atoms. The third-order valence-corrected chi connectivity index (χ3v) is 4.47. The molecule has 6 heteroatoms. The van der Waals surface area contributed by atoms with Crippen molar-refractivity contribution in [3.8, 4) is 17.0 Å². The molecular formula is C21H23ClFN3O. The summed E-state index contributed by atoms with van der Waals surface area (Å²) < 4.78 is 19.2. The van der Waals surface area contributed by atoms with Gasteiger partial charge in [0.15, 0.2) is 0 Å². The summed E-state index contributed by atoms with van der Waals surface area (Å²) in [5.74, 6) is 0.356. The molecule has 2 heterocycles. The molecule has 0 aliphatic heterocycles. The van der Waals surface area contributed by atoms with Gasteiger partial charge < -0.3 is 10.5 Å². The molecule has 0 aliphatic rings. The SMILES string of the molecule is C[C@H](COc1ncc(-c2ccnc3cc(F)ccc23)cc1Cl)CC(C)(C)N. The van der Waals surface area contributed by atoms with Crippen molar-refractivity contribution in [1.29, 1.82) is 0 Å². The van der Waals surface area contributed by atoms with Crippen LogP contribution in [0.4, 0.5) is 4.39 Å². The number of ether oxygens (including phenoxy) is 1. The van der Waals surface area contributed by atoms with Crippen LogP contribution in [0.1, 0.15) is 27.2 Å². The zero-order chi connectivity index (χ0) is 19.6. The minimum absolute atomic E-state index is 0.244. The Balaban J connectivity index is 1.81. The number of halogens is 2. The van der Waals surface area contributed by atoms with Crippen molar-refractivity contribution in [1.82, 2.24) is 9.97 Å². The summed E-state index contributed by atoms with van der Waals surface area (Å²) in [5, 5.41) is 1.27. The molecule has 0 saturated heterocycles. The molecule has 0 unspecified atom stereocenters. The minimum Gasteiger partial charge on any atom is -0.476 e. The summed E-state index contributed by atoms with van der Waals surface area (Å²) in [7, 11) is 0. The van der Waals surface area contributed by atoms with Crippen LogP contribution >= 0.6 is 11.6 Å². The Hall–Kier alpha value is -2.24. The van der Waals surface area contributed by atoms with Gasteiger partial charge in [-0.1, -0.05) is 18.5 Å². The third kappa shape index (κ3) is 4.93. The van der Waals surface area contributed by atoms with Crippen molar-refractivity contribution in [2.45, 2.75) is 32.7 Å². The summed E-state index contributed by atoms with van der Waals surface area (Å²) in [6.07, 6.45) is 4.19. The van der Waals surface area contributed by atoms with E-state index in [0.29, 0.717) is 23.0 Å². The van der Waals surface area contributed by atoms with Crippen LogP contribution in [0, 0.1) is 11.7 Å². The highest BCUT2D eigenvalue weighted by atomic mass is 35.5. The van der Waals surface area contributed by atoms with E-state index in [1.807, 2.05) is 19.9 Å². The molecule has 142 valence electrons. The highest BCUT2D eigenvalue weighted by Crippen LogP contribution is 2.32. The lowest BCUT2D eigenvalue weighted by molar-refractivity contribution is 0.223. The zero-order valence-electron chi connectivity index (χ0n) is 15.7. The van der Waals surface area contributed by atoms with Crippen molar-refractivity contribution in [2.75, 3.05) is 6.61 Å². The van der Waals surface area contributed by atoms with Crippen LogP contribution in [0.5, 0.6) is 5.88 Å². The molecule has 0 aliphatic carbocycles. The number of aromatic nitrogens is 2. The van der Waals surface area contributed by atoms with Gasteiger partial charge in [-0.2, -0.15) is 0 Å². The Labute approximate surface area is 163 Å². The second kappa shape index (κ2) is 7.79. The first-order valence-corrected chi connectivity index (χ1v) is 9.22. The highest BCUT2D eigenvalue weighted by molar-refractivity contribution is 6.32. The molecule has 1 atom stereocenters. The Bertz CT molecular complexity index is 956. The summed E-state index contributed by atoms with van der Waals surface area (Å²) >= 11 is 6.38. The third-order valence-electron chi connectivity index (χ3n) is 4.20. The standard InChI is InChI=1S/C21H23ClFN3O/c1-13(10-21(2,3)24)12-27-20-18(22)8-14(11-26-20)16-6-7-25-19-9-15(23)4-5-17(16)19/h4-9,11,13H,10,12,24H2,1-3H3/t13-/m0/s1. The number of pyridine rings is 2. The van der Waals surface area contributed by atoms with Crippen LogP contribution in [0.2, 0.25) is 5.02 Å². The first-order valence-electron chi connectivity index (χ1n) is 8.85. The number of nitrogens with zero attached hydrogens (tertiary/aromatic N) is 2. The molecule has 2 N–H and O–H groups in total. The van der Waals surface area contributed by atoms with E-state index in [0.717, 1.165) is 22.9 Å². The summed E-state index contributed by atoms with van der Waals surface area (Å²) in [4.78, 5) is 8.59. The van der Waals surface area contributed by atoms with Crippen molar-refractivity contribution >= 4 is 22.5 Å². The summed E-state index contributed by atoms with van der Waals surface area (Å²) in [6, 6.07) is 8.20. The Morgan fingerprint density at radius 2 is 2.00 bits per heavy atom. The molecule has 2 aromatic heterocycles. The van der Waals surface area contributed by atoms with Crippen LogP contribution in [-0.4, -0.2) is 22.1 Å². The molecule has 4 nitrogen and oxygen atoms in total. The fourth-order valence-electron chi connectivity index (χ4n) is 3.23. The summed E-state index contributed by atoms with van der Waals surface area (Å²) in [5.41, 5.74) is 8.10. The van der Waals surface area contributed by atoms with E-state index in [4.69, 9.17) is 22.1 Å². The number of nitrogens with two attached hydrogens (primary N) is 1. The van der Waals surface area contributed by atoms with Gasteiger partial charge in [-0.25, -0.2) is 9.37 Å². The summed E-state index contributed by atoms with van der Waals surface area (Å²) in [6.45, 7) is 6.56. The predicted molar refractivity (Wildman–Crippen MR) is 107 cm³/mol. The largest absolute Gasteiger partial charge is 0.476 e. The maximum atomic E-state index is 13.4. The molecule has 0 saturated carbocycles. The van der Waals surface area contributed by atoms with Gasteiger partial charge in [-0.05, 0) is 56.0 Å². The van der Waals surface area contributed by atoms with Gasteiger partial charge >= 0.3 is 0 Å². The molecule has 3 aromatic rings. The molecule has 0 radical (unpaired) electrons. The number of benzene rings is 1. The molecule has 1 aromatic carbocycles. The second-order valence-electron chi connectivity index (χ2n) is 7.64. The monoisotopic (exact) mass is 387 g/mol. The van der Waals surface area contributed by atoms with Crippen molar-refractivity contribution in [3.05, 3.63) is 53.6 Å². The predicted octanol–water partition coefficient (Wildman–Crippen LogP) is 5.23. The Kier molecular flexibility index (Phi) is 5.63. The smallest absolute Gasteiger partial charge is 0.232 e. The average Bonchev–Trinajstić information content (AvgIpc) is 2.58.